The Hall–Kier alpha value is -0.120. The van der Waals surface area contributed by atoms with Crippen molar-refractivity contribution in [2.24, 2.45) is 11.8 Å². The Morgan fingerprint density at radius 1 is 1.06 bits per heavy atom. The Labute approximate surface area is 106 Å². The van der Waals surface area contributed by atoms with Crippen LogP contribution in [-0.4, -0.2) is 62.2 Å². The van der Waals surface area contributed by atoms with E-state index in [-0.39, 0.29) is 0 Å². The Morgan fingerprint density at radius 2 is 1.88 bits per heavy atom. The van der Waals surface area contributed by atoms with E-state index in [1.807, 2.05) is 0 Å². The second-order valence-corrected chi connectivity index (χ2v) is 6.42. The van der Waals surface area contributed by atoms with Gasteiger partial charge in [0.1, 0.15) is 0 Å². The minimum atomic E-state index is 0.796. The maximum atomic E-state index is 3.87. The number of rotatable bonds is 3. The van der Waals surface area contributed by atoms with Gasteiger partial charge in [0.15, 0.2) is 0 Å². The molecule has 4 heterocycles. The van der Waals surface area contributed by atoms with Crippen LogP contribution in [0.3, 0.4) is 0 Å². The summed E-state index contributed by atoms with van der Waals surface area (Å²) in [5.41, 5.74) is 0. The second kappa shape index (κ2) is 5.25. The van der Waals surface area contributed by atoms with Crippen molar-refractivity contribution in [3.05, 3.63) is 0 Å². The highest BCUT2D eigenvalue weighted by Gasteiger charge is 2.34. The summed E-state index contributed by atoms with van der Waals surface area (Å²) in [6.07, 6.45) is 5.69. The first kappa shape index (κ1) is 11.9. The summed E-state index contributed by atoms with van der Waals surface area (Å²) in [5, 5.41) is 3.87. The lowest BCUT2D eigenvalue weighted by atomic mass is 9.83. The molecule has 1 N–H and O–H groups in total. The number of likely N-dealkylation sites (tertiary alicyclic amines) is 1. The van der Waals surface area contributed by atoms with E-state index in [0.29, 0.717) is 0 Å². The van der Waals surface area contributed by atoms with Crippen LogP contribution in [0.5, 0.6) is 0 Å². The van der Waals surface area contributed by atoms with E-state index in [4.69, 9.17) is 0 Å². The summed E-state index contributed by atoms with van der Waals surface area (Å²) in [5.74, 6) is 1.87. The number of piperidine rings is 4. The molecule has 17 heavy (non-hydrogen) atoms. The van der Waals surface area contributed by atoms with Gasteiger partial charge in [-0.05, 0) is 70.7 Å². The monoisotopic (exact) mass is 237 g/mol. The summed E-state index contributed by atoms with van der Waals surface area (Å²) in [6, 6.07) is 0.796. The molecule has 4 aliphatic rings. The Morgan fingerprint density at radius 3 is 2.53 bits per heavy atom. The predicted molar refractivity (Wildman–Crippen MR) is 71.2 cm³/mol. The van der Waals surface area contributed by atoms with E-state index in [1.165, 1.54) is 65.0 Å². The van der Waals surface area contributed by atoms with E-state index >= 15 is 0 Å². The van der Waals surface area contributed by atoms with E-state index < -0.39 is 0 Å². The fourth-order valence-corrected chi connectivity index (χ4v) is 3.95. The van der Waals surface area contributed by atoms with Crippen molar-refractivity contribution in [3.63, 3.8) is 0 Å². The number of nitrogens with one attached hydrogen (secondary N) is 1. The number of fused-ring (bicyclic) bond motifs is 3. The molecule has 0 aliphatic carbocycles. The molecule has 4 aliphatic heterocycles. The van der Waals surface area contributed by atoms with E-state index in [1.54, 1.807) is 0 Å². The first-order chi connectivity index (χ1) is 8.31. The average Bonchev–Trinajstić information content (AvgIpc) is 2.38. The SMILES string of the molecule is CN1CCCC(CNC2CN3CCC2CC3)C1. The third kappa shape index (κ3) is 2.83. The lowest BCUT2D eigenvalue weighted by Gasteiger charge is -2.45. The van der Waals surface area contributed by atoms with E-state index in [9.17, 15) is 0 Å². The molecule has 0 amide bonds. The zero-order valence-corrected chi connectivity index (χ0v) is 11.2. The third-order valence-corrected chi connectivity index (χ3v) is 5.05. The molecule has 0 aromatic rings. The van der Waals surface area contributed by atoms with Gasteiger partial charge >= 0.3 is 0 Å². The minimum absolute atomic E-state index is 0.796. The van der Waals surface area contributed by atoms with Crippen LogP contribution in [0, 0.1) is 11.8 Å². The molecular weight excluding hydrogens is 210 g/mol. The summed E-state index contributed by atoms with van der Waals surface area (Å²) in [7, 11) is 2.26. The molecule has 0 spiro atoms. The second-order valence-electron chi connectivity index (χ2n) is 6.42. The topological polar surface area (TPSA) is 18.5 Å². The standard InChI is InChI=1S/C14H27N3/c1-16-6-2-3-12(10-16)9-15-14-11-17-7-4-13(14)5-8-17/h12-15H,2-11H2,1H3. The minimum Gasteiger partial charge on any atom is -0.312 e. The van der Waals surface area contributed by atoms with Gasteiger partial charge in [-0.3, -0.25) is 0 Å². The first-order valence-electron chi connectivity index (χ1n) is 7.45. The van der Waals surface area contributed by atoms with Crippen LogP contribution in [0.1, 0.15) is 25.7 Å². The number of hydrogen-bond acceptors (Lipinski definition) is 3. The Bertz CT molecular complexity index is 248. The molecule has 4 saturated heterocycles. The first-order valence-corrected chi connectivity index (χ1v) is 7.45. The molecule has 2 bridgehead atoms. The van der Waals surface area contributed by atoms with Crippen LogP contribution >= 0.6 is 0 Å². The van der Waals surface area contributed by atoms with Gasteiger partial charge in [-0.15, -0.1) is 0 Å². The van der Waals surface area contributed by atoms with E-state index in [2.05, 4.69) is 22.2 Å². The maximum Gasteiger partial charge on any atom is 0.0224 e. The van der Waals surface area contributed by atoms with Crippen LogP contribution < -0.4 is 5.32 Å². The molecule has 3 heteroatoms. The highest BCUT2D eigenvalue weighted by atomic mass is 15.2. The van der Waals surface area contributed by atoms with Gasteiger partial charge in [0.2, 0.25) is 0 Å². The Balaban J connectivity index is 1.44. The largest absolute Gasteiger partial charge is 0.312 e. The molecule has 2 atom stereocenters. The van der Waals surface area contributed by atoms with Crippen LogP contribution in [0.4, 0.5) is 0 Å². The van der Waals surface area contributed by atoms with Crippen molar-refractivity contribution in [1.29, 1.82) is 0 Å². The van der Waals surface area contributed by atoms with Crippen LogP contribution in [0.2, 0.25) is 0 Å². The molecule has 0 aromatic heterocycles. The van der Waals surface area contributed by atoms with E-state index in [0.717, 1.165) is 17.9 Å². The van der Waals surface area contributed by atoms with Crippen molar-refractivity contribution in [2.75, 3.05) is 46.3 Å². The van der Waals surface area contributed by atoms with Crippen LogP contribution in [0.15, 0.2) is 0 Å². The summed E-state index contributed by atoms with van der Waals surface area (Å²) in [4.78, 5) is 5.14. The smallest absolute Gasteiger partial charge is 0.0224 e. The lowest BCUT2D eigenvalue weighted by Crippen LogP contribution is -2.57. The van der Waals surface area contributed by atoms with Gasteiger partial charge < -0.3 is 15.1 Å². The van der Waals surface area contributed by atoms with Crippen molar-refractivity contribution in [2.45, 2.75) is 31.7 Å². The molecule has 0 saturated carbocycles. The van der Waals surface area contributed by atoms with Gasteiger partial charge in [0.25, 0.3) is 0 Å². The van der Waals surface area contributed by atoms with Gasteiger partial charge in [0, 0.05) is 19.1 Å². The van der Waals surface area contributed by atoms with Crippen molar-refractivity contribution in [3.8, 4) is 0 Å². The summed E-state index contributed by atoms with van der Waals surface area (Å²) < 4.78 is 0. The van der Waals surface area contributed by atoms with Gasteiger partial charge in [0.05, 0.1) is 0 Å². The fraction of sp³-hybridized carbons (Fsp3) is 1.00. The maximum absolute atomic E-state index is 3.87. The lowest BCUT2D eigenvalue weighted by molar-refractivity contribution is 0.0681. The van der Waals surface area contributed by atoms with Crippen molar-refractivity contribution < 1.29 is 0 Å². The molecule has 0 radical (unpaired) electrons. The highest BCUT2D eigenvalue weighted by molar-refractivity contribution is 4.91. The number of nitrogens with zero attached hydrogens (tertiary/aromatic N) is 2. The van der Waals surface area contributed by atoms with Crippen molar-refractivity contribution >= 4 is 0 Å². The number of hydrogen-bond donors (Lipinski definition) is 1. The molecule has 2 unspecified atom stereocenters. The third-order valence-electron chi connectivity index (χ3n) is 5.05. The predicted octanol–water partition coefficient (Wildman–Crippen LogP) is 1.01. The van der Waals surface area contributed by atoms with Crippen LogP contribution in [-0.2, 0) is 0 Å². The fourth-order valence-electron chi connectivity index (χ4n) is 3.95. The highest BCUT2D eigenvalue weighted by Crippen LogP contribution is 2.27. The molecule has 4 fully saturated rings. The normalized spacial score (nSPS) is 42.9. The molecule has 3 nitrogen and oxygen atoms in total. The summed E-state index contributed by atoms with van der Waals surface area (Å²) in [6.45, 7) is 7.88. The van der Waals surface area contributed by atoms with Gasteiger partial charge in [-0.1, -0.05) is 0 Å². The van der Waals surface area contributed by atoms with Crippen LogP contribution in [0.25, 0.3) is 0 Å². The van der Waals surface area contributed by atoms with Crippen molar-refractivity contribution in [1.82, 2.24) is 15.1 Å². The molecule has 4 rings (SSSR count). The van der Waals surface area contributed by atoms with Gasteiger partial charge in [-0.2, -0.15) is 0 Å². The molecule has 0 aromatic carbocycles. The molecule has 98 valence electrons. The molecular formula is C14H27N3. The average molecular weight is 237 g/mol. The zero-order chi connectivity index (χ0) is 11.7. The summed E-state index contributed by atoms with van der Waals surface area (Å²) >= 11 is 0. The van der Waals surface area contributed by atoms with Gasteiger partial charge in [-0.25, -0.2) is 0 Å². The Kier molecular flexibility index (Phi) is 3.69. The quantitative estimate of drug-likeness (QED) is 0.790. The zero-order valence-electron chi connectivity index (χ0n) is 11.2.